The molecule has 37 heavy (non-hydrogen) atoms. The zero-order valence-corrected chi connectivity index (χ0v) is 20.3. The summed E-state index contributed by atoms with van der Waals surface area (Å²) in [6.45, 7) is 0.143. The number of nitrogens with one attached hydrogen (secondary N) is 1. The number of aliphatic imine (C=N–C) groups is 1. The van der Waals surface area contributed by atoms with E-state index in [1.807, 2.05) is 30.3 Å². The number of anilines is 1. The highest BCUT2D eigenvalue weighted by molar-refractivity contribution is 8.15. The first-order valence-corrected chi connectivity index (χ1v) is 12.6. The normalized spacial score (nSPS) is 20.1. The van der Waals surface area contributed by atoms with Gasteiger partial charge in [-0.05, 0) is 35.4 Å². The van der Waals surface area contributed by atoms with E-state index in [0.29, 0.717) is 28.8 Å². The number of rotatable bonds is 5. The van der Waals surface area contributed by atoms with Gasteiger partial charge in [0.25, 0.3) is 5.91 Å². The minimum absolute atomic E-state index is 0.0464. The van der Waals surface area contributed by atoms with Crippen LogP contribution in [0.1, 0.15) is 30.0 Å². The van der Waals surface area contributed by atoms with Crippen molar-refractivity contribution in [3.05, 3.63) is 89.7 Å². The van der Waals surface area contributed by atoms with Crippen LogP contribution >= 0.6 is 11.8 Å². The molecule has 0 radical (unpaired) electrons. The monoisotopic (exact) mass is 516 g/mol. The summed E-state index contributed by atoms with van der Waals surface area (Å²) in [6.07, 6.45) is 0.522. The summed E-state index contributed by atoms with van der Waals surface area (Å²) in [4.78, 5) is 29.7. The van der Waals surface area contributed by atoms with E-state index in [9.17, 15) is 14.0 Å². The van der Waals surface area contributed by atoms with Crippen LogP contribution in [-0.4, -0.2) is 39.7 Å². The Kier molecular flexibility index (Phi) is 6.09. The molecule has 3 heterocycles. The number of amidine groups is 1. The number of benzene rings is 3. The average molecular weight is 517 g/mol. The van der Waals surface area contributed by atoms with Crippen molar-refractivity contribution in [2.75, 3.05) is 12.1 Å². The third kappa shape index (κ3) is 4.79. The first-order valence-electron chi connectivity index (χ1n) is 11.7. The number of nitrogens with zero attached hydrogens (tertiary/aromatic N) is 3. The van der Waals surface area contributed by atoms with Gasteiger partial charge in [-0.15, -0.1) is 0 Å². The molecule has 3 aliphatic heterocycles. The predicted molar refractivity (Wildman–Crippen MR) is 138 cm³/mol. The first-order chi connectivity index (χ1) is 18.0. The van der Waals surface area contributed by atoms with Crippen molar-refractivity contribution < 1.29 is 23.5 Å². The van der Waals surface area contributed by atoms with Crippen LogP contribution in [0.25, 0.3) is 0 Å². The molecule has 0 aliphatic carbocycles. The first kappa shape index (κ1) is 23.2. The topological polar surface area (TPSA) is 92.6 Å². The van der Waals surface area contributed by atoms with E-state index in [1.54, 1.807) is 35.3 Å². The van der Waals surface area contributed by atoms with Gasteiger partial charge in [-0.3, -0.25) is 9.59 Å². The van der Waals surface area contributed by atoms with Crippen molar-refractivity contribution in [2.24, 2.45) is 10.1 Å². The molecule has 0 saturated heterocycles. The maximum atomic E-state index is 13.6. The van der Waals surface area contributed by atoms with Gasteiger partial charge in [0.15, 0.2) is 16.7 Å². The van der Waals surface area contributed by atoms with E-state index >= 15 is 0 Å². The van der Waals surface area contributed by atoms with Crippen molar-refractivity contribution >= 4 is 40.1 Å². The summed E-state index contributed by atoms with van der Waals surface area (Å²) in [7, 11) is 0. The number of hydrogen-bond donors (Lipinski definition) is 1. The number of hydrazone groups is 1. The Balaban J connectivity index is 1.18. The Morgan fingerprint density at radius 2 is 1.84 bits per heavy atom. The molecular weight excluding hydrogens is 495 g/mol. The summed E-state index contributed by atoms with van der Waals surface area (Å²) in [5, 5.41) is 9.07. The standard InChI is InChI=1S/C27H21FN4O4S/c28-18-8-6-17(7-9-18)21-13-20(16-4-2-1-3-5-16)31-32(21)27-30-26(34)24(37-27)14-25(33)29-19-10-11-22-23(12-19)36-15-35-22/h1-12,21,24H,13-15H2,(H,29,33)/t21-,24-/m0/s1. The quantitative estimate of drug-likeness (QED) is 0.527. The molecule has 3 aliphatic rings. The van der Waals surface area contributed by atoms with Crippen LogP contribution in [-0.2, 0) is 9.59 Å². The van der Waals surface area contributed by atoms with Crippen LogP contribution in [0.2, 0.25) is 0 Å². The average Bonchev–Trinajstić information content (AvgIpc) is 3.64. The van der Waals surface area contributed by atoms with Crippen LogP contribution in [0.5, 0.6) is 11.5 Å². The molecule has 3 aromatic rings. The lowest BCUT2D eigenvalue weighted by Gasteiger charge is -2.23. The molecule has 0 unspecified atom stereocenters. The molecular formula is C27H21FN4O4S. The summed E-state index contributed by atoms with van der Waals surface area (Å²) >= 11 is 1.21. The predicted octanol–water partition coefficient (Wildman–Crippen LogP) is 4.73. The molecule has 1 N–H and O–H groups in total. The van der Waals surface area contributed by atoms with Crippen molar-refractivity contribution in [2.45, 2.75) is 24.1 Å². The molecule has 6 rings (SSSR count). The third-order valence-corrected chi connectivity index (χ3v) is 7.37. The van der Waals surface area contributed by atoms with E-state index in [0.717, 1.165) is 16.8 Å². The third-order valence-electron chi connectivity index (χ3n) is 6.22. The van der Waals surface area contributed by atoms with Crippen molar-refractivity contribution in [1.82, 2.24) is 5.01 Å². The molecule has 2 atom stereocenters. The fourth-order valence-corrected chi connectivity index (χ4v) is 5.46. The lowest BCUT2D eigenvalue weighted by Crippen LogP contribution is -2.25. The fraction of sp³-hybridized carbons (Fsp3) is 0.185. The van der Waals surface area contributed by atoms with Gasteiger partial charge in [-0.2, -0.15) is 10.1 Å². The SMILES string of the molecule is O=C(C[C@@H]1SC(N2N=C(c3ccccc3)C[C@H]2c2ccc(F)cc2)=NC1=O)Nc1ccc2c(c1)OCO2. The van der Waals surface area contributed by atoms with Gasteiger partial charge in [0.05, 0.1) is 11.8 Å². The van der Waals surface area contributed by atoms with Crippen molar-refractivity contribution in [1.29, 1.82) is 0 Å². The van der Waals surface area contributed by atoms with Gasteiger partial charge in [-0.1, -0.05) is 54.2 Å². The molecule has 8 nitrogen and oxygen atoms in total. The van der Waals surface area contributed by atoms with Crippen LogP contribution in [0.15, 0.2) is 82.9 Å². The molecule has 0 bridgehead atoms. The zero-order valence-electron chi connectivity index (χ0n) is 19.5. The van der Waals surface area contributed by atoms with E-state index < -0.39 is 5.25 Å². The molecule has 3 aromatic carbocycles. The number of halogens is 1. The Bertz CT molecular complexity index is 1430. The number of amides is 2. The molecule has 0 spiro atoms. The van der Waals surface area contributed by atoms with E-state index in [1.165, 1.54) is 23.9 Å². The minimum Gasteiger partial charge on any atom is -0.454 e. The largest absolute Gasteiger partial charge is 0.454 e. The number of thioether (sulfide) groups is 1. The van der Waals surface area contributed by atoms with Gasteiger partial charge in [0, 0.05) is 24.6 Å². The number of ether oxygens (including phenoxy) is 2. The zero-order chi connectivity index (χ0) is 25.4. The Morgan fingerprint density at radius 1 is 1.05 bits per heavy atom. The van der Waals surface area contributed by atoms with Gasteiger partial charge in [0.1, 0.15) is 11.1 Å². The van der Waals surface area contributed by atoms with Crippen molar-refractivity contribution in [3.8, 4) is 11.5 Å². The summed E-state index contributed by atoms with van der Waals surface area (Å²) in [6, 6.07) is 20.9. The van der Waals surface area contributed by atoms with Gasteiger partial charge >= 0.3 is 0 Å². The Labute approximate surface area is 216 Å². The smallest absolute Gasteiger partial charge is 0.262 e. The molecule has 0 fully saturated rings. The summed E-state index contributed by atoms with van der Waals surface area (Å²) in [5.41, 5.74) is 3.22. The molecule has 10 heteroatoms. The van der Waals surface area contributed by atoms with E-state index in [4.69, 9.17) is 14.6 Å². The van der Waals surface area contributed by atoms with Crippen LogP contribution < -0.4 is 14.8 Å². The number of hydrogen-bond acceptors (Lipinski definition) is 7. The Hall–Kier alpha value is -4.18. The second-order valence-corrected chi connectivity index (χ2v) is 9.86. The fourth-order valence-electron chi connectivity index (χ4n) is 4.40. The second kappa shape index (κ2) is 9.70. The van der Waals surface area contributed by atoms with Crippen LogP contribution in [0, 0.1) is 5.82 Å². The van der Waals surface area contributed by atoms with Crippen LogP contribution in [0.4, 0.5) is 10.1 Å². The van der Waals surface area contributed by atoms with E-state index in [2.05, 4.69) is 10.3 Å². The van der Waals surface area contributed by atoms with E-state index in [-0.39, 0.29) is 36.9 Å². The molecule has 186 valence electrons. The van der Waals surface area contributed by atoms with Gasteiger partial charge in [0.2, 0.25) is 12.7 Å². The maximum absolute atomic E-state index is 13.6. The number of carbonyl (C=O) groups is 2. The number of fused-ring (bicyclic) bond motifs is 1. The minimum atomic E-state index is -0.672. The maximum Gasteiger partial charge on any atom is 0.262 e. The molecule has 0 aromatic heterocycles. The molecule has 0 saturated carbocycles. The van der Waals surface area contributed by atoms with Crippen LogP contribution in [0.3, 0.4) is 0 Å². The highest BCUT2D eigenvalue weighted by atomic mass is 32.2. The van der Waals surface area contributed by atoms with Crippen molar-refractivity contribution in [3.63, 3.8) is 0 Å². The van der Waals surface area contributed by atoms with Gasteiger partial charge in [-0.25, -0.2) is 9.40 Å². The lowest BCUT2D eigenvalue weighted by molar-refractivity contribution is -0.121. The lowest BCUT2D eigenvalue weighted by atomic mass is 9.99. The highest BCUT2D eigenvalue weighted by Gasteiger charge is 2.39. The summed E-state index contributed by atoms with van der Waals surface area (Å²) in [5.74, 6) is 0.152. The molecule has 2 amide bonds. The van der Waals surface area contributed by atoms with Gasteiger partial charge < -0.3 is 14.8 Å². The number of carbonyl (C=O) groups excluding carboxylic acids is 2. The summed E-state index contributed by atoms with van der Waals surface area (Å²) < 4.78 is 24.2. The second-order valence-electron chi connectivity index (χ2n) is 8.69. The highest BCUT2D eigenvalue weighted by Crippen LogP contribution is 2.39. The Morgan fingerprint density at radius 3 is 2.65 bits per heavy atom.